The van der Waals surface area contributed by atoms with Crippen LogP contribution in [0.15, 0.2) is 0 Å². The maximum atomic E-state index is 11.5. The van der Waals surface area contributed by atoms with E-state index in [1.807, 2.05) is 25.9 Å². The van der Waals surface area contributed by atoms with E-state index in [0.29, 0.717) is 16.7 Å². The summed E-state index contributed by atoms with van der Waals surface area (Å²) in [6.45, 7) is 2.60. The second-order valence-corrected chi connectivity index (χ2v) is 4.48. The largest absolute Gasteiger partial charge is 0.374 e. The molecule has 3 N–H and O–H groups in total. The highest BCUT2D eigenvalue weighted by Gasteiger charge is 2.12. The number of nitrogen functional groups attached to an aromatic ring is 1. The molecule has 0 bridgehead atoms. The number of amides is 1. The predicted octanol–water partition coefficient (Wildman–Crippen LogP) is -0.200. The summed E-state index contributed by atoms with van der Waals surface area (Å²) < 4.78 is 0. The molecule has 15 heavy (non-hydrogen) atoms. The first-order chi connectivity index (χ1) is 7.00. The first kappa shape index (κ1) is 11.9. The fraction of sp³-hybridized carbons (Fsp3) is 0.625. The van der Waals surface area contributed by atoms with Crippen LogP contribution in [0.5, 0.6) is 0 Å². The number of nitrogens with zero attached hydrogens (tertiary/aromatic N) is 3. The molecule has 0 aliphatic carbocycles. The molecule has 1 rings (SSSR count). The van der Waals surface area contributed by atoms with Crippen LogP contribution in [-0.4, -0.2) is 47.7 Å². The van der Waals surface area contributed by atoms with Gasteiger partial charge >= 0.3 is 0 Å². The van der Waals surface area contributed by atoms with Gasteiger partial charge in [0.15, 0.2) is 0 Å². The van der Waals surface area contributed by atoms with Crippen LogP contribution < -0.4 is 11.1 Å². The molecule has 0 aliphatic heterocycles. The molecule has 1 aromatic rings. The number of hydrogen-bond acceptors (Lipinski definition) is 6. The lowest BCUT2D eigenvalue weighted by Crippen LogP contribution is -2.38. The van der Waals surface area contributed by atoms with E-state index >= 15 is 0 Å². The van der Waals surface area contributed by atoms with E-state index in [0.717, 1.165) is 11.3 Å². The summed E-state index contributed by atoms with van der Waals surface area (Å²) in [5, 5.41) is 10.6. The van der Waals surface area contributed by atoms with E-state index in [1.165, 1.54) is 0 Å². The average molecular weight is 229 g/mol. The van der Waals surface area contributed by atoms with Gasteiger partial charge in [0.2, 0.25) is 10.1 Å². The molecule has 0 radical (unpaired) electrons. The molecule has 0 fully saturated rings. The quantitative estimate of drug-likeness (QED) is 0.747. The van der Waals surface area contributed by atoms with Crippen molar-refractivity contribution in [1.29, 1.82) is 0 Å². The summed E-state index contributed by atoms with van der Waals surface area (Å²) in [7, 11) is 3.92. The first-order valence-corrected chi connectivity index (χ1v) is 5.36. The third kappa shape index (κ3) is 3.45. The molecular weight excluding hydrogens is 214 g/mol. The van der Waals surface area contributed by atoms with Crippen LogP contribution in [0, 0.1) is 0 Å². The zero-order chi connectivity index (χ0) is 11.4. The smallest absolute Gasteiger partial charge is 0.282 e. The number of carbonyl (C=O) groups excluding carboxylic acids is 1. The minimum atomic E-state index is -0.224. The zero-order valence-corrected chi connectivity index (χ0v) is 9.84. The van der Waals surface area contributed by atoms with Gasteiger partial charge in [-0.05, 0) is 21.0 Å². The Kier molecular flexibility index (Phi) is 3.98. The molecule has 1 unspecified atom stereocenters. The standard InChI is InChI=1S/C8H15N5OS/c1-5(13(2)3)4-10-6(14)7-11-12-8(9)15-7/h5H,4H2,1-3H3,(H2,9,12)(H,10,14). The van der Waals surface area contributed by atoms with Crippen LogP contribution in [0.4, 0.5) is 5.13 Å². The number of likely N-dealkylation sites (N-methyl/N-ethyl adjacent to an activating group) is 1. The van der Waals surface area contributed by atoms with Gasteiger partial charge < -0.3 is 16.0 Å². The van der Waals surface area contributed by atoms with Gasteiger partial charge in [-0.2, -0.15) is 0 Å². The number of carbonyl (C=O) groups is 1. The van der Waals surface area contributed by atoms with Gasteiger partial charge in [0.1, 0.15) is 0 Å². The highest BCUT2D eigenvalue weighted by molar-refractivity contribution is 7.16. The predicted molar refractivity (Wildman–Crippen MR) is 59.8 cm³/mol. The summed E-state index contributed by atoms with van der Waals surface area (Å²) in [6.07, 6.45) is 0. The highest BCUT2D eigenvalue weighted by Crippen LogP contribution is 2.10. The molecule has 0 aromatic carbocycles. The molecular formula is C8H15N5OS. The number of rotatable bonds is 4. The van der Waals surface area contributed by atoms with E-state index < -0.39 is 0 Å². The van der Waals surface area contributed by atoms with Crippen molar-refractivity contribution in [3.8, 4) is 0 Å². The summed E-state index contributed by atoms with van der Waals surface area (Å²) >= 11 is 1.09. The fourth-order valence-electron chi connectivity index (χ4n) is 0.825. The lowest BCUT2D eigenvalue weighted by molar-refractivity contribution is 0.0942. The van der Waals surface area contributed by atoms with E-state index in [9.17, 15) is 4.79 Å². The Morgan fingerprint density at radius 1 is 1.60 bits per heavy atom. The van der Waals surface area contributed by atoms with Gasteiger partial charge in [0.05, 0.1) is 0 Å². The maximum Gasteiger partial charge on any atom is 0.282 e. The third-order valence-corrected chi connectivity index (χ3v) is 2.83. The Morgan fingerprint density at radius 3 is 2.73 bits per heavy atom. The van der Waals surface area contributed by atoms with Crippen LogP contribution in [-0.2, 0) is 0 Å². The van der Waals surface area contributed by atoms with Crippen molar-refractivity contribution in [2.45, 2.75) is 13.0 Å². The Hall–Kier alpha value is -1.21. The Bertz CT molecular complexity index is 338. The lowest BCUT2D eigenvalue weighted by atomic mass is 10.3. The lowest BCUT2D eigenvalue weighted by Gasteiger charge is -2.19. The molecule has 0 saturated carbocycles. The SMILES string of the molecule is CC(CNC(=O)c1nnc(N)s1)N(C)C. The Labute approximate surface area is 92.5 Å². The van der Waals surface area contributed by atoms with Crippen LogP contribution in [0.1, 0.15) is 16.7 Å². The maximum absolute atomic E-state index is 11.5. The molecule has 0 saturated heterocycles. The van der Waals surface area contributed by atoms with Crippen LogP contribution in [0.3, 0.4) is 0 Å². The van der Waals surface area contributed by atoms with E-state index in [-0.39, 0.29) is 11.9 Å². The highest BCUT2D eigenvalue weighted by atomic mass is 32.1. The number of nitrogens with two attached hydrogens (primary N) is 1. The van der Waals surface area contributed by atoms with Crippen molar-refractivity contribution in [3.63, 3.8) is 0 Å². The molecule has 0 aliphatic rings. The van der Waals surface area contributed by atoms with Gasteiger partial charge in [-0.3, -0.25) is 4.79 Å². The third-order valence-electron chi connectivity index (χ3n) is 2.07. The summed E-state index contributed by atoms with van der Waals surface area (Å²) in [6, 6.07) is 0.277. The molecule has 1 amide bonds. The van der Waals surface area contributed by atoms with Crippen molar-refractivity contribution in [1.82, 2.24) is 20.4 Å². The fourth-order valence-corrected chi connectivity index (χ4v) is 1.35. The van der Waals surface area contributed by atoms with Crippen LogP contribution >= 0.6 is 11.3 Å². The minimum absolute atomic E-state index is 0.224. The van der Waals surface area contributed by atoms with E-state index in [2.05, 4.69) is 15.5 Å². The molecule has 1 heterocycles. The first-order valence-electron chi connectivity index (χ1n) is 4.54. The van der Waals surface area contributed by atoms with Gasteiger partial charge in [0.25, 0.3) is 5.91 Å². The number of aromatic nitrogens is 2. The summed E-state index contributed by atoms with van der Waals surface area (Å²) in [4.78, 5) is 13.5. The van der Waals surface area contributed by atoms with Crippen molar-refractivity contribution in [2.75, 3.05) is 26.4 Å². The van der Waals surface area contributed by atoms with Gasteiger partial charge in [-0.25, -0.2) is 0 Å². The van der Waals surface area contributed by atoms with Crippen molar-refractivity contribution < 1.29 is 4.79 Å². The molecule has 1 aromatic heterocycles. The monoisotopic (exact) mass is 229 g/mol. The number of hydrogen-bond donors (Lipinski definition) is 2. The minimum Gasteiger partial charge on any atom is -0.374 e. The van der Waals surface area contributed by atoms with E-state index in [1.54, 1.807) is 0 Å². The summed E-state index contributed by atoms with van der Waals surface area (Å²) in [5.41, 5.74) is 5.38. The zero-order valence-electron chi connectivity index (χ0n) is 9.02. The number of nitrogens with one attached hydrogen (secondary N) is 1. The van der Waals surface area contributed by atoms with Crippen LogP contribution in [0.25, 0.3) is 0 Å². The second-order valence-electron chi connectivity index (χ2n) is 3.47. The Balaban J connectivity index is 2.43. The van der Waals surface area contributed by atoms with Gasteiger partial charge in [-0.1, -0.05) is 11.3 Å². The second kappa shape index (κ2) is 5.04. The molecule has 1 atom stereocenters. The average Bonchev–Trinajstić information content (AvgIpc) is 2.60. The number of anilines is 1. The Morgan fingerprint density at radius 2 is 2.27 bits per heavy atom. The topological polar surface area (TPSA) is 84.1 Å². The molecule has 84 valence electrons. The van der Waals surface area contributed by atoms with Crippen molar-refractivity contribution >= 4 is 22.4 Å². The van der Waals surface area contributed by atoms with Crippen molar-refractivity contribution in [2.24, 2.45) is 0 Å². The summed E-state index contributed by atoms with van der Waals surface area (Å²) in [5.74, 6) is -0.224. The molecule has 7 heteroatoms. The van der Waals surface area contributed by atoms with Crippen LogP contribution in [0.2, 0.25) is 0 Å². The normalized spacial score (nSPS) is 12.8. The molecule has 6 nitrogen and oxygen atoms in total. The van der Waals surface area contributed by atoms with E-state index in [4.69, 9.17) is 5.73 Å². The van der Waals surface area contributed by atoms with Gasteiger partial charge in [-0.15, -0.1) is 10.2 Å². The molecule has 0 spiro atoms. The van der Waals surface area contributed by atoms with Gasteiger partial charge in [0, 0.05) is 12.6 Å². The van der Waals surface area contributed by atoms with Crippen molar-refractivity contribution in [3.05, 3.63) is 5.01 Å².